The van der Waals surface area contributed by atoms with Crippen molar-refractivity contribution < 1.29 is 14.7 Å². The number of carbonyl (C=O) groups is 2. The number of aliphatic hydroxyl groups excluding tert-OH is 1. The third kappa shape index (κ3) is 3.84. The van der Waals surface area contributed by atoms with Gasteiger partial charge in [0.25, 0.3) is 11.7 Å². The lowest BCUT2D eigenvalue weighted by atomic mass is 9.84. The second kappa shape index (κ2) is 7.86. The van der Waals surface area contributed by atoms with Crippen LogP contribution in [0.5, 0.6) is 0 Å². The fourth-order valence-corrected chi connectivity index (χ4v) is 3.82. The van der Waals surface area contributed by atoms with E-state index in [2.05, 4.69) is 20.8 Å². The molecule has 2 aromatic rings. The van der Waals surface area contributed by atoms with E-state index >= 15 is 0 Å². The maximum absolute atomic E-state index is 13.0. The van der Waals surface area contributed by atoms with Crippen LogP contribution >= 0.6 is 0 Å². The smallest absolute Gasteiger partial charge is 0.295 e. The number of hydrogen-bond acceptors (Lipinski definition) is 3. The van der Waals surface area contributed by atoms with Crippen molar-refractivity contribution in [2.24, 2.45) is 0 Å². The van der Waals surface area contributed by atoms with Gasteiger partial charge in [-0.1, -0.05) is 70.2 Å². The largest absolute Gasteiger partial charge is 0.507 e. The van der Waals surface area contributed by atoms with Crippen molar-refractivity contribution in [3.8, 4) is 0 Å². The molecule has 1 atom stereocenters. The van der Waals surface area contributed by atoms with Crippen molar-refractivity contribution in [1.29, 1.82) is 0 Å². The Balaban J connectivity index is 2.24. The van der Waals surface area contributed by atoms with Gasteiger partial charge < -0.3 is 10.0 Å². The Kier molecular flexibility index (Phi) is 5.65. The highest BCUT2D eigenvalue weighted by Crippen LogP contribution is 2.40. The molecule has 4 heteroatoms. The van der Waals surface area contributed by atoms with E-state index in [0.29, 0.717) is 12.1 Å². The fraction of sp³-hybridized carbons (Fsp3) is 0.360. The van der Waals surface area contributed by atoms with Crippen molar-refractivity contribution in [3.05, 3.63) is 76.4 Å². The molecule has 29 heavy (non-hydrogen) atoms. The maximum Gasteiger partial charge on any atom is 0.295 e. The van der Waals surface area contributed by atoms with Crippen LogP contribution < -0.4 is 0 Å². The summed E-state index contributed by atoms with van der Waals surface area (Å²) in [4.78, 5) is 27.3. The summed E-state index contributed by atoms with van der Waals surface area (Å²) in [5.41, 5.74) is 3.42. The normalized spacial score (nSPS) is 19.1. The number of carbonyl (C=O) groups excluding carboxylic acids is 2. The molecule has 1 aliphatic rings. The molecule has 1 heterocycles. The summed E-state index contributed by atoms with van der Waals surface area (Å²) in [6.45, 7) is 10.6. The molecule has 0 saturated carbocycles. The summed E-state index contributed by atoms with van der Waals surface area (Å²) >= 11 is 0. The first-order valence-corrected chi connectivity index (χ1v) is 10.1. The molecule has 1 saturated heterocycles. The number of hydrogen-bond donors (Lipinski definition) is 1. The van der Waals surface area contributed by atoms with E-state index in [1.807, 2.05) is 62.4 Å². The molecule has 2 aromatic carbocycles. The van der Waals surface area contributed by atoms with Gasteiger partial charge in [0.05, 0.1) is 11.6 Å². The molecule has 1 aliphatic heterocycles. The minimum Gasteiger partial charge on any atom is -0.507 e. The van der Waals surface area contributed by atoms with Gasteiger partial charge in [0.2, 0.25) is 0 Å². The summed E-state index contributed by atoms with van der Waals surface area (Å²) in [6, 6.07) is 14.8. The van der Waals surface area contributed by atoms with Crippen LogP contribution in [0.4, 0.5) is 0 Å². The molecule has 0 aromatic heterocycles. The van der Waals surface area contributed by atoms with E-state index in [1.54, 1.807) is 4.90 Å². The molecule has 0 radical (unpaired) electrons. The molecule has 0 bridgehead atoms. The van der Waals surface area contributed by atoms with Crippen LogP contribution in [0.2, 0.25) is 0 Å². The summed E-state index contributed by atoms with van der Waals surface area (Å²) in [5, 5.41) is 11.3. The van der Waals surface area contributed by atoms with E-state index < -0.39 is 17.7 Å². The number of likely N-dealkylation sites (tertiary alicyclic amines) is 1. The highest BCUT2D eigenvalue weighted by Gasteiger charge is 2.45. The zero-order chi connectivity index (χ0) is 21.3. The highest BCUT2D eigenvalue weighted by molar-refractivity contribution is 6.46. The van der Waals surface area contributed by atoms with Crippen LogP contribution in [0.15, 0.2) is 54.1 Å². The van der Waals surface area contributed by atoms with Gasteiger partial charge in [-0.3, -0.25) is 9.59 Å². The third-order valence-electron chi connectivity index (χ3n) is 5.48. The van der Waals surface area contributed by atoms with Crippen molar-refractivity contribution >= 4 is 17.4 Å². The molecule has 1 amide bonds. The van der Waals surface area contributed by atoms with Gasteiger partial charge in [-0.25, -0.2) is 0 Å². The second-order valence-corrected chi connectivity index (χ2v) is 8.68. The van der Waals surface area contributed by atoms with E-state index in [9.17, 15) is 14.7 Å². The molecule has 1 N–H and O–H groups in total. The molecule has 0 aliphatic carbocycles. The predicted octanol–water partition coefficient (Wildman–Crippen LogP) is 5.12. The monoisotopic (exact) mass is 391 g/mol. The summed E-state index contributed by atoms with van der Waals surface area (Å²) in [5.74, 6) is -1.27. The van der Waals surface area contributed by atoms with Gasteiger partial charge in [0.15, 0.2) is 0 Å². The fourth-order valence-electron chi connectivity index (χ4n) is 3.82. The number of amides is 1. The summed E-state index contributed by atoms with van der Waals surface area (Å²) in [6.07, 6.45) is 0.731. The zero-order valence-corrected chi connectivity index (χ0v) is 17.8. The van der Waals surface area contributed by atoms with Crippen molar-refractivity contribution in [2.75, 3.05) is 6.54 Å². The standard InChI is InChI=1S/C25H29NO3/c1-6-14-26-21(17-10-8-7-9-11-17)20(23(28)24(26)29)22(27)19-15-18(25(3,4)5)13-12-16(19)2/h7-13,15,21,27H,6,14H2,1-5H3/b22-20+. The van der Waals surface area contributed by atoms with E-state index in [0.717, 1.165) is 23.1 Å². The maximum atomic E-state index is 13.0. The highest BCUT2D eigenvalue weighted by atomic mass is 16.3. The summed E-state index contributed by atoms with van der Waals surface area (Å²) < 4.78 is 0. The molecule has 3 rings (SSSR count). The molecule has 1 fully saturated rings. The zero-order valence-electron chi connectivity index (χ0n) is 17.8. The third-order valence-corrected chi connectivity index (χ3v) is 5.48. The van der Waals surface area contributed by atoms with Crippen molar-refractivity contribution in [2.45, 2.75) is 52.5 Å². The number of Topliss-reactive ketones (excluding diaryl/α,β-unsaturated/α-hetero) is 1. The van der Waals surface area contributed by atoms with Crippen LogP contribution in [0, 0.1) is 6.92 Å². The van der Waals surface area contributed by atoms with Crippen LogP contribution in [-0.4, -0.2) is 28.2 Å². The van der Waals surface area contributed by atoms with Crippen LogP contribution in [0.3, 0.4) is 0 Å². The van der Waals surface area contributed by atoms with Gasteiger partial charge in [-0.05, 0) is 41.5 Å². The molecule has 152 valence electrons. The number of rotatable bonds is 4. The van der Waals surface area contributed by atoms with Crippen molar-refractivity contribution in [3.63, 3.8) is 0 Å². The summed E-state index contributed by atoms with van der Waals surface area (Å²) in [7, 11) is 0. The Morgan fingerprint density at radius 3 is 2.31 bits per heavy atom. The Morgan fingerprint density at radius 2 is 1.72 bits per heavy atom. The predicted molar refractivity (Wildman–Crippen MR) is 116 cm³/mol. The second-order valence-electron chi connectivity index (χ2n) is 8.68. The quantitative estimate of drug-likeness (QED) is 0.447. The lowest BCUT2D eigenvalue weighted by Crippen LogP contribution is -2.30. The minimum atomic E-state index is -0.620. The van der Waals surface area contributed by atoms with Gasteiger partial charge in [-0.15, -0.1) is 0 Å². The molecular weight excluding hydrogens is 362 g/mol. The SMILES string of the molecule is CCCN1C(=O)C(=O)/C(=C(/O)c2cc(C(C)(C)C)ccc2C)C1c1ccccc1. The number of aryl methyl sites for hydroxylation is 1. The first-order valence-electron chi connectivity index (χ1n) is 10.1. The van der Waals surface area contributed by atoms with E-state index in [-0.39, 0.29) is 16.7 Å². The Bertz CT molecular complexity index is 967. The average molecular weight is 392 g/mol. The van der Waals surface area contributed by atoms with E-state index in [1.165, 1.54) is 0 Å². The Hall–Kier alpha value is -2.88. The van der Waals surface area contributed by atoms with Crippen molar-refractivity contribution in [1.82, 2.24) is 4.90 Å². The topological polar surface area (TPSA) is 57.6 Å². The molecular formula is C25H29NO3. The van der Waals surface area contributed by atoms with Crippen LogP contribution in [0.25, 0.3) is 5.76 Å². The molecule has 0 spiro atoms. The Labute approximate surface area is 172 Å². The number of aliphatic hydroxyl groups is 1. The minimum absolute atomic E-state index is 0.0978. The first kappa shape index (κ1) is 20.8. The molecule has 1 unspecified atom stereocenters. The van der Waals surface area contributed by atoms with Gasteiger partial charge in [0, 0.05) is 12.1 Å². The number of nitrogens with zero attached hydrogens (tertiary/aromatic N) is 1. The van der Waals surface area contributed by atoms with Crippen LogP contribution in [0.1, 0.15) is 62.4 Å². The number of benzene rings is 2. The van der Waals surface area contributed by atoms with E-state index in [4.69, 9.17) is 0 Å². The van der Waals surface area contributed by atoms with Gasteiger partial charge in [-0.2, -0.15) is 0 Å². The first-order chi connectivity index (χ1) is 13.7. The average Bonchev–Trinajstić information content (AvgIpc) is 2.93. The van der Waals surface area contributed by atoms with Gasteiger partial charge in [0.1, 0.15) is 5.76 Å². The lowest BCUT2D eigenvalue weighted by molar-refractivity contribution is -0.139. The molecule has 4 nitrogen and oxygen atoms in total. The lowest BCUT2D eigenvalue weighted by Gasteiger charge is -2.25. The Morgan fingerprint density at radius 1 is 1.07 bits per heavy atom. The number of ketones is 1. The van der Waals surface area contributed by atoms with Crippen LogP contribution in [-0.2, 0) is 15.0 Å². The van der Waals surface area contributed by atoms with Gasteiger partial charge >= 0.3 is 0 Å².